The van der Waals surface area contributed by atoms with Crippen molar-refractivity contribution in [2.75, 3.05) is 35.3 Å². The van der Waals surface area contributed by atoms with Crippen molar-refractivity contribution < 1.29 is 27.1 Å². The second-order valence-corrected chi connectivity index (χ2v) is 11.7. The van der Waals surface area contributed by atoms with Gasteiger partial charge < -0.3 is 24.7 Å². The number of nitrogens with one attached hydrogen (secondary N) is 2. The van der Waals surface area contributed by atoms with Crippen molar-refractivity contribution in [3.05, 3.63) is 70.7 Å². The lowest BCUT2D eigenvalue weighted by atomic mass is 9.94. The first-order valence-corrected chi connectivity index (χ1v) is 14.4. The number of hydrogen-bond acceptors (Lipinski definition) is 10. The number of rotatable bonds is 6. The van der Waals surface area contributed by atoms with Gasteiger partial charge in [-0.05, 0) is 26.8 Å². The van der Waals surface area contributed by atoms with Gasteiger partial charge in [0.1, 0.15) is 15.4 Å². The molecule has 6 rings (SSSR count). The minimum absolute atomic E-state index is 0.0822. The van der Waals surface area contributed by atoms with Gasteiger partial charge in [-0.25, -0.2) is 9.98 Å². The molecule has 2 aromatic heterocycles. The number of aromatic nitrogens is 3. The van der Waals surface area contributed by atoms with Crippen LogP contribution < -0.4 is 15.5 Å². The average molecular weight is 612 g/mol. The van der Waals surface area contributed by atoms with Crippen molar-refractivity contribution in [2.24, 2.45) is 4.99 Å². The summed E-state index contributed by atoms with van der Waals surface area (Å²) < 4.78 is 53.4. The Morgan fingerprint density at radius 1 is 1.07 bits per heavy atom. The number of hydrogen-bond donors (Lipinski definition) is 2. The number of carbonyl (C=O) groups is 1. The maximum Gasteiger partial charge on any atom is 0.400 e. The number of benzene rings is 2. The molecule has 4 aromatic rings. The number of alkyl halides is 3. The maximum absolute atomic E-state index is 14.0. The molecule has 224 valence electrons. The second kappa shape index (κ2) is 11.1. The van der Waals surface area contributed by atoms with Crippen LogP contribution in [-0.2, 0) is 14.9 Å². The van der Waals surface area contributed by atoms with E-state index in [0.29, 0.717) is 36.2 Å². The number of carbonyl (C=O) groups excluding carboxylic acids is 1. The molecule has 1 amide bonds. The fourth-order valence-corrected chi connectivity index (χ4v) is 6.05. The van der Waals surface area contributed by atoms with E-state index in [1.165, 1.54) is 0 Å². The standard InChI is InChI=1S/C29H28F3N7O3S/c1-16-15-41-14-13-39(16)25-21(35-26(43-25)28(2,3)29(30,31)32)24-37-38-27(42-24)36-22-23(40)33-19-12-8-7-11-18(19)20(34-22)17-9-5-4-6-10-17/h4-12,16,22H,13-15H2,1-3H3,(H,33,40)(H,36,38)/t16-,22?/m1/s1. The molecule has 2 aliphatic heterocycles. The van der Waals surface area contributed by atoms with Gasteiger partial charge in [-0.2, -0.15) is 13.2 Å². The van der Waals surface area contributed by atoms with Gasteiger partial charge in [0.25, 0.3) is 11.8 Å². The number of fused-ring (bicyclic) bond motifs is 1. The Kier molecular flexibility index (Phi) is 7.42. The molecule has 43 heavy (non-hydrogen) atoms. The van der Waals surface area contributed by atoms with Crippen LogP contribution in [0.1, 0.15) is 36.9 Å². The maximum atomic E-state index is 14.0. The van der Waals surface area contributed by atoms with Gasteiger partial charge in [0.2, 0.25) is 6.17 Å². The van der Waals surface area contributed by atoms with Crippen LogP contribution in [0.15, 0.2) is 64.0 Å². The lowest BCUT2D eigenvalue weighted by Gasteiger charge is -2.34. The molecule has 10 nitrogen and oxygen atoms in total. The van der Waals surface area contributed by atoms with Crippen molar-refractivity contribution >= 4 is 39.7 Å². The number of anilines is 3. The van der Waals surface area contributed by atoms with Gasteiger partial charge in [0, 0.05) is 17.7 Å². The number of benzodiazepines with no additional fused rings is 1. The summed E-state index contributed by atoms with van der Waals surface area (Å²) in [6.07, 6.45) is -5.68. The fourth-order valence-electron chi connectivity index (χ4n) is 4.74. The SMILES string of the molecule is C[C@@H]1COCCN1c1sc(C(C)(C)C(F)(F)F)nc1-c1nnc(NC2N=C(c3ccccc3)c3ccccc3NC2=O)o1. The number of morpholine rings is 1. The van der Waals surface area contributed by atoms with Crippen molar-refractivity contribution in [3.63, 3.8) is 0 Å². The van der Waals surface area contributed by atoms with E-state index < -0.39 is 23.7 Å². The van der Waals surface area contributed by atoms with Gasteiger partial charge >= 0.3 is 12.2 Å². The molecule has 2 aromatic carbocycles. The summed E-state index contributed by atoms with van der Waals surface area (Å²) in [4.78, 5) is 24.3. The average Bonchev–Trinajstić information content (AvgIpc) is 3.60. The molecule has 2 atom stereocenters. The highest BCUT2D eigenvalue weighted by Crippen LogP contribution is 2.47. The van der Waals surface area contributed by atoms with Crippen molar-refractivity contribution in [3.8, 4) is 11.6 Å². The highest BCUT2D eigenvalue weighted by molar-refractivity contribution is 7.16. The quantitative estimate of drug-likeness (QED) is 0.294. The summed E-state index contributed by atoms with van der Waals surface area (Å²) >= 11 is 0.942. The van der Waals surface area contributed by atoms with Crippen LogP contribution in [0, 0.1) is 0 Å². The van der Waals surface area contributed by atoms with Gasteiger partial charge in [-0.15, -0.1) is 5.10 Å². The summed E-state index contributed by atoms with van der Waals surface area (Å²) in [5.41, 5.74) is 0.640. The van der Waals surface area contributed by atoms with E-state index in [1.54, 1.807) is 6.07 Å². The number of ether oxygens (including phenoxy) is 1. The van der Waals surface area contributed by atoms with Crippen LogP contribution >= 0.6 is 11.3 Å². The highest BCUT2D eigenvalue weighted by Gasteiger charge is 2.51. The number of halogens is 3. The van der Waals surface area contributed by atoms with Gasteiger partial charge in [-0.1, -0.05) is 65.0 Å². The summed E-state index contributed by atoms with van der Waals surface area (Å²) in [5, 5.41) is 14.3. The van der Waals surface area contributed by atoms with Crippen LogP contribution in [0.25, 0.3) is 11.6 Å². The summed E-state index contributed by atoms with van der Waals surface area (Å²) in [6, 6.07) is 16.5. The minimum Gasteiger partial charge on any atom is -0.402 e. The second-order valence-electron chi connectivity index (χ2n) is 10.8. The summed E-state index contributed by atoms with van der Waals surface area (Å²) in [5.74, 6) is -0.537. The highest BCUT2D eigenvalue weighted by atomic mass is 32.1. The number of para-hydroxylation sites is 1. The molecule has 1 saturated heterocycles. The first-order chi connectivity index (χ1) is 20.5. The molecule has 2 N–H and O–H groups in total. The van der Waals surface area contributed by atoms with Crippen molar-refractivity contribution in [1.29, 1.82) is 0 Å². The fraction of sp³-hybridized carbons (Fsp3) is 0.345. The molecule has 0 saturated carbocycles. The van der Waals surface area contributed by atoms with E-state index in [0.717, 1.165) is 36.3 Å². The number of thiazole rings is 1. The third-order valence-corrected chi connectivity index (χ3v) is 8.78. The van der Waals surface area contributed by atoms with E-state index in [-0.39, 0.29) is 28.6 Å². The molecule has 2 aliphatic rings. The van der Waals surface area contributed by atoms with Gasteiger partial charge in [0.05, 0.1) is 30.7 Å². The van der Waals surface area contributed by atoms with Gasteiger partial charge in [0.15, 0.2) is 5.69 Å². The van der Waals surface area contributed by atoms with Crippen molar-refractivity contribution in [2.45, 2.75) is 44.6 Å². The molecule has 0 radical (unpaired) electrons. The molecule has 1 fully saturated rings. The Morgan fingerprint density at radius 3 is 2.56 bits per heavy atom. The Hall–Kier alpha value is -4.30. The number of nitrogens with zero attached hydrogens (tertiary/aromatic N) is 5. The minimum atomic E-state index is -4.53. The monoisotopic (exact) mass is 611 g/mol. The third kappa shape index (κ3) is 5.47. The molecule has 14 heteroatoms. The predicted molar refractivity (Wildman–Crippen MR) is 157 cm³/mol. The molecule has 4 heterocycles. The van der Waals surface area contributed by atoms with E-state index in [2.05, 4.69) is 25.8 Å². The topological polar surface area (TPSA) is 118 Å². The Morgan fingerprint density at radius 2 is 1.81 bits per heavy atom. The van der Waals surface area contributed by atoms with E-state index in [4.69, 9.17) is 14.1 Å². The van der Waals surface area contributed by atoms with Crippen LogP contribution in [0.3, 0.4) is 0 Å². The van der Waals surface area contributed by atoms with Crippen molar-refractivity contribution in [1.82, 2.24) is 15.2 Å². The van der Waals surface area contributed by atoms with Gasteiger partial charge in [-0.3, -0.25) is 4.79 Å². The largest absolute Gasteiger partial charge is 0.402 e. The first kappa shape index (κ1) is 28.8. The van der Waals surface area contributed by atoms with E-state index in [1.807, 2.05) is 60.4 Å². The molecular weight excluding hydrogens is 583 g/mol. The summed E-state index contributed by atoms with van der Waals surface area (Å²) in [6.45, 7) is 5.39. The lowest BCUT2D eigenvalue weighted by molar-refractivity contribution is -0.180. The smallest absolute Gasteiger partial charge is 0.400 e. The lowest BCUT2D eigenvalue weighted by Crippen LogP contribution is -2.43. The third-order valence-electron chi connectivity index (χ3n) is 7.36. The van der Waals surface area contributed by atoms with Crippen LogP contribution in [0.4, 0.5) is 29.9 Å². The molecular formula is C29H28F3N7O3S. The summed E-state index contributed by atoms with van der Waals surface area (Å²) in [7, 11) is 0. The van der Waals surface area contributed by atoms with Crippen LogP contribution in [0.2, 0.25) is 0 Å². The zero-order valence-corrected chi connectivity index (χ0v) is 24.3. The number of aliphatic imine (C=N–C) groups is 1. The molecule has 0 spiro atoms. The molecule has 0 aliphatic carbocycles. The Balaban J connectivity index is 1.36. The molecule has 1 unspecified atom stereocenters. The van der Waals surface area contributed by atoms with Crippen LogP contribution in [0.5, 0.6) is 0 Å². The van der Waals surface area contributed by atoms with E-state index in [9.17, 15) is 18.0 Å². The zero-order valence-electron chi connectivity index (χ0n) is 23.5. The number of amides is 1. The predicted octanol–water partition coefficient (Wildman–Crippen LogP) is 5.49. The zero-order chi connectivity index (χ0) is 30.4. The molecule has 0 bridgehead atoms. The first-order valence-electron chi connectivity index (χ1n) is 13.6. The Bertz CT molecular complexity index is 1670. The van der Waals surface area contributed by atoms with E-state index >= 15 is 0 Å². The Labute approximate surface area is 249 Å². The normalized spacial score (nSPS) is 19.3. The van der Waals surface area contributed by atoms with Crippen LogP contribution in [-0.4, -0.2) is 64.9 Å².